The van der Waals surface area contributed by atoms with E-state index in [0.29, 0.717) is 11.1 Å². The summed E-state index contributed by atoms with van der Waals surface area (Å²) in [6.45, 7) is 0.505. The van der Waals surface area contributed by atoms with Crippen LogP contribution in [0.5, 0.6) is 0 Å². The van der Waals surface area contributed by atoms with Gasteiger partial charge in [-0.15, -0.1) is 11.8 Å². The summed E-state index contributed by atoms with van der Waals surface area (Å²) in [5.74, 6) is -1.61. The van der Waals surface area contributed by atoms with Crippen LogP contribution in [-0.4, -0.2) is 53.7 Å². The first-order chi connectivity index (χ1) is 10.5. The van der Waals surface area contributed by atoms with Crippen molar-refractivity contribution in [2.24, 2.45) is 0 Å². The smallest absolute Gasteiger partial charge is 0.313 e. The van der Waals surface area contributed by atoms with Crippen molar-refractivity contribution in [2.45, 2.75) is 0 Å². The van der Waals surface area contributed by atoms with Gasteiger partial charge in [-0.05, 0) is 6.07 Å². The van der Waals surface area contributed by atoms with E-state index in [0.717, 1.165) is 18.0 Å². The minimum Gasteiger partial charge on any atom is -0.481 e. The van der Waals surface area contributed by atoms with Gasteiger partial charge < -0.3 is 21.1 Å². The molecule has 22 heavy (non-hydrogen) atoms. The molecular weight excluding hydrogens is 306 g/mol. The molecule has 0 atom stereocenters. The number of thioether (sulfide) groups is 1. The highest BCUT2D eigenvalue weighted by molar-refractivity contribution is 8.00. The van der Waals surface area contributed by atoms with Crippen molar-refractivity contribution in [2.75, 3.05) is 24.6 Å². The summed E-state index contributed by atoms with van der Waals surface area (Å²) in [5, 5.41) is 20.9. The van der Waals surface area contributed by atoms with Gasteiger partial charge in [-0.2, -0.15) is 0 Å². The fraction of sp³-hybridized carbons (Fsp3) is 0.286. The molecule has 8 heteroatoms. The van der Waals surface area contributed by atoms with E-state index in [-0.39, 0.29) is 36.4 Å². The van der Waals surface area contributed by atoms with Crippen LogP contribution in [0, 0.1) is 5.41 Å². The molecule has 0 spiro atoms. The van der Waals surface area contributed by atoms with Crippen molar-refractivity contribution in [1.29, 1.82) is 5.41 Å². The molecular formula is C14H17N3O4S. The summed E-state index contributed by atoms with van der Waals surface area (Å²) in [6, 6.07) is 6.75. The molecule has 0 fully saturated rings. The van der Waals surface area contributed by atoms with Crippen molar-refractivity contribution in [3.63, 3.8) is 0 Å². The minimum absolute atomic E-state index is 0.0664. The maximum Gasteiger partial charge on any atom is 0.313 e. The molecule has 1 aromatic carbocycles. The lowest BCUT2D eigenvalue weighted by Crippen LogP contribution is -2.35. The molecule has 0 saturated carbocycles. The molecule has 0 radical (unpaired) electrons. The summed E-state index contributed by atoms with van der Waals surface area (Å²) in [7, 11) is 0. The second-order valence-corrected chi connectivity index (χ2v) is 5.21. The third kappa shape index (κ3) is 6.40. The molecule has 0 aliphatic heterocycles. The Hall–Kier alpha value is -2.35. The normalized spacial score (nSPS) is 9.82. The maximum absolute atomic E-state index is 11.9. The summed E-state index contributed by atoms with van der Waals surface area (Å²) in [6.07, 6.45) is 1.11. The lowest BCUT2D eigenvalue weighted by atomic mass is 10.1. The summed E-state index contributed by atoms with van der Waals surface area (Å²) < 4.78 is 0. The zero-order chi connectivity index (χ0) is 16.4. The lowest BCUT2D eigenvalue weighted by Gasteiger charge is -2.08. The fourth-order valence-corrected chi connectivity index (χ4v) is 2.15. The van der Waals surface area contributed by atoms with E-state index < -0.39 is 5.97 Å². The Kier molecular flexibility index (Phi) is 7.69. The Bertz CT molecular complexity index is 563. The fourth-order valence-electron chi connectivity index (χ4n) is 1.58. The molecule has 1 aromatic rings. The van der Waals surface area contributed by atoms with Crippen LogP contribution in [-0.2, 0) is 9.59 Å². The minimum atomic E-state index is -0.963. The van der Waals surface area contributed by atoms with E-state index in [4.69, 9.17) is 10.5 Å². The predicted octanol–water partition coefficient (Wildman–Crippen LogP) is 0.348. The Morgan fingerprint density at radius 2 is 1.82 bits per heavy atom. The summed E-state index contributed by atoms with van der Waals surface area (Å²) >= 11 is 1.01. The Morgan fingerprint density at radius 1 is 1.14 bits per heavy atom. The molecule has 0 aliphatic carbocycles. The van der Waals surface area contributed by atoms with Crippen LogP contribution in [0.15, 0.2) is 24.3 Å². The van der Waals surface area contributed by atoms with Gasteiger partial charge in [0.25, 0.3) is 5.91 Å². The van der Waals surface area contributed by atoms with Crippen molar-refractivity contribution >= 4 is 35.8 Å². The number of carboxylic acids is 1. The molecule has 2 amide bonds. The first-order valence-electron chi connectivity index (χ1n) is 6.48. The first kappa shape index (κ1) is 17.7. The quantitative estimate of drug-likeness (QED) is 0.386. The van der Waals surface area contributed by atoms with Gasteiger partial charge in [0, 0.05) is 30.4 Å². The monoisotopic (exact) mass is 323 g/mol. The molecule has 0 unspecified atom stereocenters. The van der Waals surface area contributed by atoms with Gasteiger partial charge in [-0.3, -0.25) is 14.4 Å². The Labute approximate surface area is 132 Å². The van der Waals surface area contributed by atoms with Crippen LogP contribution in [0.4, 0.5) is 0 Å². The number of aliphatic carboxylic acids is 1. The van der Waals surface area contributed by atoms with Gasteiger partial charge >= 0.3 is 5.97 Å². The third-order valence-electron chi connectivity index (χ3n) is 2.55. The van der Waals surface area contributed by atoms with Crippen LogP contribution in [0.25, 0.3) is 0 Å². The second kappa shape index (κ2) is 9.56. The van der Waals surface area contributed by atoms with Crippen molar-refractivity contribution < 1.29 is 19.5 Å². The van der Waals surface area contributed by atoms with E-state index >= 15 is 0 Å². The van der Waals surface area contributed by atoms with Crippen molar-refractivity contribution in [3.05, 3.63) is 35.4 Å². The summed E-state index contributed by atoms with van der Waals surface area (Å²) in [5.41, 5.74) is 0.926. The van der Waals surface area contributed by atoms with Crippen LogP contribution in [0.3, 0.4) is 0 Å². The van der Waals surface area contributed by atoms with Crippen LogP contribution >= 0.6 is 11.8 Å². The molecule has 1 rings (SSSR count). The highest BCUT2D eigenvalue weighted by Gasteiger charge is 2.09. The summed E-state index contributed by atoms with van der Waals surface area (Å²) in [4.78, 5) is 33.6. The number of rotatable bonds is 9. The zero-order valence-electron chi connectivity index (χ0n) is 11.8. The number of carbonyl (C=O) groups excluding carboxylic acids is 2. The van der Waals surface area contributed by atoms with Gasteiger partial charge in [-0.1, -0.05) is 18.2 Å². The number of hydrogen-bond donors (Lipinski definition) is 4. The number of amides is 2. The lowest BCUT2D eigenvalue weighted by molar-refractivity contribution is -0.133. The number of nitrogens with one attached hydrogen (secondary N) is 3. The maximum atomic E-state index is 11.9. The average Bonchev–Trinajstić information content (AvgIpc) is 2.51. The number of benzene rings is 1. The van der Waals surface area contributed by atoms with Gasteiger partial charge in [-0.25, -0.2) is 0 Å². The van der Waals surface area contributed by atoms with Crippen LogP contribution in [0.2, 0.25) is 0 Å². The highest BCUT2D eigenvalue weighted by Crippen LogP contribution is 2.05. The van der Waals surface area contributed by atoms with Crippen LogP contribution in [0.1, 0.15) is 15.9 Å². The van der Waals surface area contributed by atoms with Gasteiger partial charge in [0.15, 0.2) is 0 Å². The van der Waals surface area contributed by atoms with Crippen LogP contribution < -0.4 is 10.6 Å². The highest BCUT2D eigenvalue weighted by atomic mass is 32.2. The SMILES string of the molecule is N=Cc1ccccc1C(=O)NCCNC(=O)CSCC(=O)O. The number of hydrogen-bond acceptors (Lipinski definition) is 5. The van der Waals surface area contributed by atoms with E-state index in [2.05, 4.69) is 10.6 Å². The Morgan fingerprint density at radius 3 is 2.50 bits per heavy atom. The molecule has 118 valence electrons. The Balaban J connectivity index is 2.26. The first-order valence-corrected chi connectivity index (χ1v) is 7.64. The molecule has 4 N–H and O–H groups in total. The predicted molar refractivity (Wildman–Crippen MR) is 84.6 cm³/mol. The van der Waals surface area contributed by atoms with Gasteiger partial charge in [0.1, 0.15) is 0 Å². The second-order valence-electron chi connectivity index (χ2n) is 4.22. The topological polar surface area (TPSA) is 119 Å². The van der Waals surface area contributed by atoms with Crippen molar-refractivity contribution in [3.8, 4) is 0 Å². The van der Waals surface area contributed by atoms with E-state index in [1.165, 1.54) is 0 Å². The van der Waals surface area contributed by atoms with Gasteiger partial charge in [0.2, 0.25) is 5.91 Å². The molecule has 0 heterocycles. The standard InChI is InChI=1S/C14H17N3O4S/c15-7-10-3-1-2-4-11(10)14(21)17-6-5-16-12(18)8-22-9-13(19)20/h1-4,7,15H,5-6,8-9H2,(H,16,18)(H,17,21)(H,19,20). The van der Waals surface area contributed by atoms with E-state index in [1.807, 2.05) is 0 Å². The van der Waals surface area contributed by atoms with E-state index in [9.17, 15) is 14.4 Å². The third-order valence-corrected chi connectivity index (χ3v) is 3.47. The molecule has 0 aliphatic rings. The number of carbonyl (C=O) groups is 3. The molecule has 7 nitrogen and oxygen atoms in total. The number of carboxylic acid groups (broad SMARTS) is 1. The van der Waals surface area contributed by atoms with E-state index in [1.54, 1.807) is 24.3 Å². The molecule has 0 aromatic heterocycles. The van der Waals surface area contributed by atoms with Crippen molar-refractivity contribution in [1.82, 2.24) is 10.6 Å². The average molecular weight is 323 g/mol. The van der Waals surface area contributed by atoms with Gasteiger partial charge in [0.05, 0.1) is 11.5 Å². The zero-order valence-corrected chi connectivity index (χ0v) is 12.6. The molecule has 0 saturated heterocycles. The largest absolute Gasteiger partial charge is 0.481 e. The molecule has 0 bridgehead atoms.